The number of ether oxygens (including phenoxy) is 2. The summed E-state index contributed by atoms with van der Waals surface area (Å²) < 4.78 is 11.5. The molecule has 2 atom stereocenters. The molecular weight excluding hydrogens is 250 g/mol. The van der Waals surface area contributed by atoms with Gasteiger partial charge >= 0.3 is 0 Å². The highest BCUT2D eigenvalue weighted by Gasteiger charge is 2.42. The van der Waals surface area contributed by atoms with Gasteiger partial charge < -0.3 is 14.8 Å². The molecule has 1 aliphatic rings. The normalized spacial score (nSPS) is 24.6. The van der Waals surface area contributed by atoms with Gasteiger partial charge in [0.05, 0.1) is 7.11 Å². The molecule has 0 bridgehead atoms. The predicted molar refractivity (Wildman–Crippen MR) is 82.5 cm³/mol. The third-order valence-corrected chi connectivity index (χ3v) is 4.23. The Bertz CT molecular complexity index is 431. The van der Waals surface area contributed by atoms with Gasteiger partial charge in [0.25, 0.3) is 0 Å². The van der Waals surface area contributed by atoms with E-state index >= 15 is 0 Å². The molecule has 0 spiro atoms. The van der Waals surface area contributed by atoms with Gasteiger partial charge in [-0.3, -0.25) is 0 Å². The standard InChI is InChI=1S/C17H27NO2/c1-5-11-18-16-15(9-10-17(16,2)3)20-14-8-6-7-13(12-14)19-4/h6-8,12,15-16,18H,5,9-11H2,1-4H3. The zero-order chi connectivity index (χ0) is 14.6. The smallest absolute Gasteiger partial charge is 0.123 e. The summed E-state index contributed by atoms with van der Waals surface area (Å²) in [6.07, 6.45) is 3.69. The van der Waals surface area contributed by atoms with E-state index in [1.54, 1.807) is 7.11 Å². The van der Waals surface area contributed by atoms with Crippen LogP contribution in [0.25, 0.3) is 0 Å². The molecule has 0 amide bonds. The lowest BCUT2D eigenvalue weighted by Gasteiger charge is -2.31. The second-order valence-electron chi connectivity index (χ2n) is 6.29. The molecule has 1 fully saturated rings. The van der Waals surface area contributed by atoms with Crippen molar-refractivity contribution >= 4 is 0 Å². The summed E-state index contributed by atoms with van der Waals surface area (Å²) in [6, 6.07) is 8.29. The van der Waals surface area contributed by atoms with Crippen LogP contribution in [-0.2, 0) is 0 Å². The van der Waals surface area contributed by atoms with E-state index in [4.69, 9.17) is 9.47 Å². The Morgan fingerprint density at radius 1 is 1.30 bits per heavy atom. The maximum Gasteiger partial charge on any atom is 0.123 e. The van der Waals surface area contributed by atoms with Crippen molar-refractivity contribution < 1.29 is 9.47 Å². The van der Waals surface area contributed by atoms with Crippen molar-refractivity contribution in [1.29, 1.82) is 0 Å². The van der Waals surface area contributed by atoms with E-state index in [0.717, 1.165) is 30.9 Å². The fourth-order valence-corrected chi connectivity index (χ4v) is 3.02. The van der Waals surface area contributed by atoms with Crippen LogP contribution in [0.1, 0.15) is 40.0 Å². The maximum absolute atomic E-state index is 6.22. The van der Waals surface area contributed by atoms with Crippen LogP contribution >= 0.6 is 0 Å². The molecule has 20 heavy (non-hydrogen) atoms. The van der Waals surface area contributed by atoms with Gasteiger partial charge in [0.1, 0.15) is 17.6 Å². The molecule has 0 aliphatic heterocycles. The average Bonchev–Trinajstić information content (AvgIpc) is 2.72. The first-order valence-corrected chi connectivity index (χ1v) is 7.61. The Kier molecular flexibility index (Phi) is 4.92. The van der Waals surface area contributed by atoms with Gasteiger partial charge in [-0.15, -0.1) is 0 Å². The molecular formula is C17H27NO2. The van der Waals surface area contributed by atoms with Crippen LogP contribution in [0.15, 0.2) is 24.3 Å². The molecule has 1 aromatic carbocycles. The summed E-state index contributed by atoms with van der Waals surface area (Å²) in [6.45, 7) is 7.91. The molecule has 0 heterocycles. The quantitative estimate of drug-likeness (QED) is 0.861. The van der Waals surface area contributed by atoms with Crippen molar-refractivity contribution in [2.24, 2.45) is 5.41 Å². The van der Waals surface area contributed by atoms with Crippen molar-refractivity contribution in [2.75, 3.05) is 13.7 Å². The van der Waals surface area contributed by atoms with E-state index < -0.39 is 0 Å². The number of nitrogens with one attached hydrogen (secondary N) is 1. The second kappa shape index (κ2) is 6.49. The third kappa shape index (κ3) is 3.45. The minimum Gasteiger partial charge on any atom is -0.497 e. The number of hydrogen-bond donors (Lipinski definition) is 1. The van der Waals surface area contributed by atoms with E-state index in [2.05, 4.69) is 26.1 Å². The van der Waals surface area contributed by atoms with E-state index in [1.807, 2.05) is 24.3 Å². The van der Waals surface area contributed by atoms with Gasteiger partial charge in [-0.05, 0) is 43.4 Å². The van der Waals surface area contributed by atoms with Crippen LogP contribution in [0.4, 0.5) is 0 Å². The van der Waals surface area contributed by atoms with E-state index in [-0.39, 0.29) is 6.10 Å². The predicted octanol–water partition coefficient (Wildman–Crippen LogP) is 3.63. The van der Waals surface area contributed by atoms with Crippen molar-refractivity contribution in [1.82, 2.24) is 5.32 Å². The first-order valence-electron chi connectivity index (χ1n) is 7.61. The lowest BCUT2D eigenvalue weighted by Crippen LogP contribution is -2.46. The van der Waals surface area contributed by atoms with Gasteiger partial charge in [-0.25, -0.2) is 0 Å². The molecule has 2 unspecified atom stereocenters. The molecule has 3 nitrogen and oxygen atoms in total. The summed E-state index contributed by atoms with van der Waals surface area (Å²) in [5.74, 6) is 1.74. The summed E-state index contributed by atoms with van der Waals surface area (Å²) in [5.41, 5.74) is 0.290. The topological polar surface area (TPSA) is 30.5 Å². The fraction of sp³-hybridized carbons (Fsp3) is 0.647. The number of benzene rings is 1. The Labute approximate surface area is 122 Å². The Balaban J connectivity index is 2.06. The van der Waals surface area contributed by atoms with E-state index in [9.17, 15) is 0 Å². The molecule has 1 saturated carbocycles. The largest absolute Gasteiger partial charge is 0.497 e. The van der Waals surface area contributed by atoms with Gasteiger partial charge in [-0.1, -0.05) is 26.8 Å². The monoisotopic (exact) mass is 277 g/mol. The molecule has 1 N–H and O–H groups in total. The third-order valence-electron chi connectivity index (χ3n) is 4.23. The molecule has 0 radical (unpaired) electrons. The minimum atomic E-state index is 0.239. The summed E-state index contributed by atoms with van der Waals surface area (Å²) >= 11 is 0. The van der Waals surface area contributed by atoms with Crippen LogP contribution in [0.2, 0.25) is 0 Å². The summed E-state index contributed by atoms with van der Waals surface area (Å²) in [7, 11) is 1.68. The lowest BCUT2D eigenvalue weighted by molar-refractivity contribution is 0.140. The van der Waals surface area contributed by atoms with Gasteiger partial charge in [0.2, 0.25) is 0 Å². The second-order valence-corrected chi connectivity index (χ2v) is 6.29. The highest BCUT2D eigenvalue weighted by Crippen LogP contribution is 2.39. The molecule has 112 valence electrons. The first-order chi connectivity index (χ1) is 9.56. The fourth-order valence-electron chi connectivity index (χ4n) is 3.02. The van der Waals surface area contributed by atoms with Gasteiger partial charge in [-0.2, -0.15) is 0 Å². The molecule has 0 aromatic heterocycles. The summed E-state index contributed by atoms with van der Waals surface area (Å²) in [5, 5.41) is 3.66. The lowest BCUT2D eigenvalue weighted by atomic mass is 9.87. The number of hydrogen-bond acceptors (Lipinski definition) is 3. The van der Waals surface area contributed by atoms with Gasteiger partial charge in [0, 0.05) is 12.1 Å². The number of rotatable bonds is 6. The number of methoxy groups -OCH3 is 1. The SMILES string of the molecule is CCCNC1C(Oc2cccc(OC)c2)CCC1(C)C. The van der Waals surface area contributed by atoms with Crippen LogP contribution in [0, 0.1) is 5.41 Å². The zero-order valence-corrected chi connectivity index (χ0v) is 13.1. The van der Waals surface area contributed by atoms with Crippen LogP contribution < -0.4 is 14.8 Å². The van der Waals surface area contributed by atoms with Crippen molar-refractivity contribution in [3.05, 3.63) is 24.3 Å². The molecule has 0 saturated heterocycles. The van der Waals surface area contributed by atoms with Crippen molar-refractivity contribution in [3.63, 3.8) is 0 Å². The first kappa shape index (κ1) is 15.2. The molecule has 3 heteroatoms. The molecule has 2 rings (SSSR count). The van der Waals surface area contributed by atoms with E-state index in [1.165, 1.54) is 6.42 Å². The average molecular weight is 277 g/mol. The Morgan fingerprint density at radius 2 is 2.05 bits per heavy atom. The summed E-state index contributed by atoms with van der Waals surface area (Å²) in [4.78, 5) is 0. The zero-order valence-electron chi connectivity index (χ0n) is 13.1. The van der Waals surface area contributed by atoms with Crippen LogP contribution in [0.5, 0.6) is 11.5 Å². The highest BCUT2D eigenvalue weighted by atomic mass is 16.5. The highest BCUT2D eigenvalue weighted by molar-refractivity contribution is 5.33. The van der Waals surface area contributed by atoms with Crippen LogP contribution in [0.3, 0.4) is 0 Å². The Morgan fingerprint density at radius 3 is 2.75 bits per heavy atom. The molecule has 1 aliphatic carbocycles. The van der Waals surface area contributed by atoms with Gasteiger partial charge in [0.15, 0.2) is 0 Å². The van der Waals surface area contributed by atoms with Crippen LogP contribution in [-0.4, -0.2) is 25.8 Å². The minimum absolute atomic E-state index is 0.239. The van der Waals surface area contributed by atoms with E-state index in [0.29, 0.717) is 11.5 Å². The maximum atomic E-state index is 6.22. The molecule has 1 aromatic rings. The van der Waals surface area contributed by atoms with Crippen molar-refractivity contribution in [2.45, 2.75) is 52.2 Å². The Hall–Kier alpha value is -1.22. The van der Waals surface area contributed by atoms with Crippen molar-refractivity contribution in [3.8, 4) is 11.5 Å².